The highest BCUT2D eigenvalue weighted by Crippen LogP contribution is 2.15. The van der Waals surface area contributed by atoms with Crippen LogP contribution in [0.2, 0.25) is 0 Å². The Hall–Kier alpha value is -2.37. The summed E-state index contributed by atoms with van der Waals surface area (Å²) in [6.45, 7) is 6.52. The van der Waals surface area contributed by atoms with Crippen LogP contribution in [0, 0.1) is 0 Å². The lowest BCUT2D eigenvalue weighted by molar-refractivity contribution is -0.167. The molecule has 0 saturated heterocycles. The van der Waals surface area contributed by atoms with E-state index in [0.29, 0.717) is 19.3 Å². The number of esters is 3. The van der Waals surface area contributed by atoms with E-state index < -0.39 is 6.10 Å². The lowest BCUT2D eigenvalue weighted by Crippen LogP contribution is -2.30. The molecule has 58 heavy (non-hydrogen) atoms. The molecular weight excluding hydrogens is 721 g/mol. The molecule has 0 N–H and O–H groups in total. The zero-order chi connectivity index (χ0) is 42.3. The Morgan fingerprint density at radius 1 is 0.362 bits per heavy atom. The first-order valence-electron chi connectivity index (χ1n) is 25.0. The van der Waals surface area contributed by atoms with Gasteiger partial charge in [0.15, 0.2) is 6.10 Å². The largest absolute Gasteiger partial charge is 0.462 e. The van der Waals surface area contributed by atoms with Crippen molar-refractivity contribution in [3.05, 3.63) is 36.5 Å². The number of unbranched alkanes of at least 4 members (excludes halogenated alkanes) is 28. The monoisotopic (exact) mass is 815 g/mol. The summed E-state index contributed by atoms with van der Waals surface area (Å²) in [5.74, 6) is -0.870. The number of rotatable bonds is 45. The summed E-state index contributed by atoms with van der Waals surface area (Å²) < 4.78 is 16.7. The fourth-order valence-corrected chi connectivity index (χ4v) is 7.16. The topological polar surface area (TPSA) is 78.9 Å². The number of hydrogen-bond acceptors (Lipinski definition) is 6. The molecule has 0 fully saturated rings. The van der Waals surface area contributed by atoms with E-state index in [1.54, 1.807) is 0 Å². The van der Waals surface area contributed by atoms with Gasteiger partial charge < -0.3 is 14.2 Å². The normalized spacial score (nSPS) is 12.3. The van der Waals surface area contributed by atoms with Gasteiger partial charge in [-0.05, 0) is 51.4 Å². The molecule has 0 aliphatic heterocycles. The van der Waals surface area contributed by atoms with Crippen LogP contribution in [0.25, 0.3) is 0 Å². The van der Waals surface area contributed by atoms with Crippen LogP contribution in [0.3, 0.4) is 0 Å². The first-order chi connectivity index (χ1) is 28.5. The maximum atomic E-state index is 12.7. The molecule has 6 heteroatoms. The maximum Gasteiger partial charge on any atom is 0.306 e. The number of hydrogen-bond donors (Lipinski definition) is 0. The Balaban J connectivity index is 4.27. The Labute approximate surface area is 359 Å². The first-order valence-corrected chi connectivity index (χ1v) is 25.0. The second-order valence-corrected chi connectivity index (χ2v) is 16.7. The molecule has 6 nitrogen and oxygen atoms in total. The maximum absolute atomic E-state index is 12.7. The van der Waals surface area contributed by atoms with Crippen LogP contribution < -0.4 is 0 Å². The summed E-state index contributed by atoms with van der Waals surface area (Å²) in [5, 5.41) is 0. The van der Waals surface area contributed by atoms with Crippen molar-refractivity contribution in [3.8, 4) is 0 Å². The molecule has 0 radical (unpaired) electrons. The predicted octanol–water partition coefficient (Wildman–Crippen LogP) is 16.1. The Morgan fingerprint density at radius 3 is 1.05 bits per heavy atom. The number of allylic oxidation sites excluding steroid dienone is 6. The van der Waals surface area contributed by atoms with Crippen LogP contribution in [-0.2, 0) is 28.6 Å². The molecule has 0 saturated carbocycles. The standard InChI is InChI=1S/C52H94O6/c1-4-7-10-13-16-19-21-23-24-25-26-27-28-29-31-33-36-39-42-45-51(54)57-48-49(47-56-50(53)44-41-38-35-32-18-15-12-9-6-3)58-52(55)46-43-40-37-34-30-22-20-17-14-11-8-5-2/h7,10,16,19,23-24,49H,4-6,8-9,11-15,17-18,20-22,25-48H2,1-3H3/b10-7-,19-16-,24-23-. The molecule has 0 aromatic carbocycles. The molecule has 1 atom stereocenters. The highest BCUT2D eigenvalue weighted by molar-refractivity contribution is 5.71. The van der Waals surface area contributed by atoms with Gasteiger partial charge in [-0.15, -0.1) is 0 Å². The van der Waals surface area contributed by atoms with Crippen LogP contribution in [0.5, 0.6) is 0 Å². The molecule has 338 valence electrons. The summed E-state index contributed by atoms with van der Waals surface area (Å²) in [6, 6.07) is 0. The highest BCUT2D eigenvalue weighted by atomic mass is 16.6. The van der Waals surface area contributed by atoms with Gasteiger partial charge >= 0.3 is 17.9 Å². The van der Waals surface area contributed by atoms with Crippen molar-refractivity contribution >= 4 is 17.9 Å². The van der Waals surface area contributed by atoms with Gasteiger partial charge in [-0.1, -0.05) is 224 Å². The molecule has 0 heterocycles. The minimum Gasteiger partial charge on any atom is -0.462 e. The molecule has 0 rings (SSSR count). The molecule has 0 aromatic rings. The van der Waals surface area contributed by atoms with Gasteiger partial charge in [-0.2, -0.15) is 0 Å². The van der Waals surface area contributed by atoms with Gasteiger partial charge in [0, 0.05) is 19.3 Å². The third kappa shape index (κ3) is 44.7. The fourth-order valence-electron chi connectivity index (χ4n) is 7.16. The van der Waals surface area contributed by atoms with Crippen molar-refractivity contribution in [1.29, 1.82) is 0 Å². The summed E-state index contributed by atoms with van der Waals surface area (Å²) in [6.07, 6.45) is 54.1. The minimum atomic E-state index is -0.767. The Kier molecular flexibility index (Phi) is 45.4. The number of carbonyl (C=O) groups excluding carboxylic acids is 3. The molecule has 1 unspecified atom stereocenters. The van der Waals surface area contributed by atoms with E-state index in [0.717, 1.165) is 77.0 Å². The van der Waals surface area contributed by atoms with Crippen LogP contribution in [0.1, 0.15) is 258 Å². The van der Waals surface area contributed by atoms with Crippen molar-refractivity contribution in [2.24, 2.45) is 0 Å². The van der Waals surface area contributed by atoms with Crippen LogP contribution in [0.15, 0.2) is 36.5 Å². The van der Waals surface area contributed by atoms with E-state index in [1.165, 1.54) is 141 Å². The zero-order valence-electron chi connectivity index (χ0n) is 38.6. The Bertz CT molecular complexity index is 984. The van der Waals surface area contributed by atoms with E-state index in [-0.39, 0.29) is 31.1 Å². The average Bonchev–Trinajstić information content (AvgIpc) is 3.22. The van der Waals surface area contributed by atoms with Crippen molar-refractivity contribution in [2.45, 2.75) is 264 Å². The lowest BCUT2D eigenvalue weighted by Gasteiger charge is -2.18. The molecule has 0 bridgehead atoms. The van der Waals surface area contributed by atoms with Crippen molar-refractivity contribution in [2.75, 3.05) is 13.2 Å². The third-order valence-corrected chi connectivity index (χ3v) is 10.9. The second kappa shape index (κ2) is 47.3. The predicted molar refractivity (Wildman–Crippen MR) is 247 cm³/mol. The molecule has 0 aliphatic rings. The van der Waals surface area contributed by atoms with Gasteiger partial charge in [0.05, 0.1) is 0 Å². The third-order valence-electron chi connectivity index (χ3n) is 10.9. The summed E-state index contributed by atoms with van der Waals surface area (Å²) in [4.78, 5) is 37.8. The lowest BCUT2D eigenvalue weighted by atomic mass is 10.0. The zero-order valence-corrected chi connectivity index (χ0v) is 38.6. The summed E-state index contributed by atoms with van der Waals surface area (Å²) in [5.41, 5.74) is 0. The smallest absolute Gasteiger partial charge is 0.306 e. The first kappa shape index (κ1) is 55.6. The van der Waals surface area contributed by atoms with Crippen molar-refractivity contribution < 1.29 is 28.6 Å². The van der Waals surface area contributed by atoms with Crippen molar-refractivity contribution in [1.82, 2.24) is 0 Å². The van der Waals surface area contributed by atoms with Crippen LogP contribution in [0.4, 0.5) is 0 Å². The van der Waals surface area contributed by atoms with Gasteiger partial charge in [0.2, 0.25) is 0 Å². The van der Waals surface area contributed by atoms with E-state index >= 15 is 0 Å². The van der Waals surface area contributed by atoms with E-state index in [1.807, 2.05) is 0 Å². The van der Waals surface area contributed by atoms with Crippen LogP contribution >= 0.6 is 0 Å². The molecule has 0 aliphatic carbocycles. The van der Waals surface area contributed by atoms with Gasteiger partial charge in [0.1, 0.15) is 13.2 Å². The van der Waals surface area contributed by atoms with E-state index in [2.05, 4.69) is 57.2 Å². The van der Waals surface area contributed by atoms with Gasteiger partial charge in [0.25, 0.3) is 0 Å². The van der Waals surface area contributed by atoms with Crippen LogP contribution in [-0.4, -0.2) is 37.2 Å². The average molecular weight is 815 g/mol. The van der Waals surface area contributed by atoms with E-state index in [9.17, 15) is 14.4 Å². The molecule has 0 spiro atoms. The molecule has 0 amide bonds. The summed E-state index contributed by atoms with van der Waals surface area (Å²) >= 11 is 0. The van der Waals surface area contributed by atoms with Crippen molar-refractivity contribution in [3.63, 3.8) is 0 Å². The summed E-state index contributed by atoms with van der Waals surface area (Å²) in [7, 11) is 0. The number of carbonyl (C=O) groups is 3. The fraction of sp³-hybridized carbons (Fsp3) is 0.827. The number of ether oxygens (including phenoxy) is 3. The van der Waals surface area contributed by atoms with E-state index in [4.69, 9.17) is 14.2 Å². The van der Waals surface area contributed by atoms with Gasteiger partial charge in [-0.25, -0.2) is 0 Å². The molecular formula is C52H94O6. The quantitative estimate of drug-likeness (QED) is 0.0264. The Morgan fingerprint density at radius 2 is 0.672 bits per heavy atom. The SMILES string of the molecule is CC/C=C\C/C=C\C/C=C\CCCCCCCCCCCC(=O)OCC(COC(=O)CCCCCCCCCCC)OC(=O)CCCCCCCCCCCCCC. The van der Waals surface area contributed by atoms with Gasteiger partial charge in [-0.3, -0.25) is 14.4 Å². The minimum absolute atomic E-state index is 0.0700. The second-order valence-electron chi connectivity index (χ2n) is 16.7. The molecule has 0 aromatic heterocycles. The highest BCUT2D eigenvalue weighted by Gasteiger charge is 2.19.